The molecule has 0 aromatic carbocycles. The second-order valence-corrected chi connectivity index (χ2v) is 2.14. The van der Waals surface area contributed by atoms with Crippen LogP contribution in [0.15, 0.2) is 0 Å². The Kier molecular flexibility index (Phi) is 1.64. The summed E-state index contributed by atoms with van der Waals surface area (Å²) in [5.41, 5.74) is 0. The Labute approximate surface area is 55.4 Å². The molecule has 48 valence electrons. The molecule has 1 saturated heterocycles. The molecule has 0 saturated carbocycles. The van der Waals surface area contributed by atoms with Crippen LogP contribution in [0.4, 0.5) is 4.79 Å². The molecule has 0 unspecified atom stereocenters. The van der Waals surface area contributed by atoms with Gasteiger partial charge in [0.2, 0.25) is 0 Å². The number of likely N-dealkylation sites (tertiary alicyclic amines) is 1. The zero-order valence-corrected chi connectivity index (χ0v) is 5.33. The predicted molar refractivity (Wildman–Crippen MR) is 33.5 cm³/mol. The van der Waals surface area contributed by atoms with Crippen LogP contribution < -0.4 is 0 Å². The van der Waals surface area contributed by atoms with E-state index in [0.29, 0.717) is 13.1 Å². The van der Waals surface area contributed by atoms with Crippen molar-refractivity contribution in [1.29, 1.82) is 0 Å². The normalized spacial score (nSPS) is 19.0. The van der Waals surface area contributed by atoms with E-state index >= 15 is 0 Å². The van der Waals surface area contributed by atoms with E-state index in [1.54, 1.807) is 4.90 Å². The maximum atomic E-state index is 10.6. The third kappa shape index (κ3) is 1.17. The Morgan fingerprint density at radius 2 is 2.33 bits per heavy atom. The lowest BCUT2D eigenvalue weighted by Gasteiger charge is -2.35. The molecule has 0 atom stereocenters. The van der Waals surface area contributed by atoms with Gasteiger partial charge in [0.15, 0.2) is 0 Å². The minimum atomic E-state index is -0.281. The monoisotopic (exact) mass is 125 g/mol. The predicted octanol–water partition coefficient (Wildman–Crippen LogP) is 0.0254. The fourth-order valence-electron chi connectivity index (χ4n) is 0.791. The van der Waals surface area contributed by atoms with Gasteiger partial charge in [-0.3, -0.25) is 0 Å². The number of ether oxygens (including phenoxy) is 1. The molecule has 4 heteroatoms. The third-order valence-electron chi connectivity index (χ3n) is 1.34. The molecule has 1 rings (SSSR count). The Bertz CT molecular complexity index is 122. The third-order valence-corrected chi connectivity index (χ3v) is 1.34. The van der Waals surface area contributed by atoms with Gasteiger partial charge >= 0.3 is 6.09 Å². The first-order valence-electron chi connectivity index (χ1n) is 2.82. The number of nitrogens with zero attached hydrogens (tertiary/aromatic N) is 1. The molecule has 0 N–H and O–H groups in total. The van der Waals surface area contributed by atoms with Crippen molar-refractivity contribution < 1.29 is 9.53 Å². The Hall–Kier alpha value is -0.665. The van der Waals surface area contributed by atoms with E-state index in [1.807, 2.05) is 0 Å². The molecular weight excluding hydrogens is 117 g/mol. The highest BCUT2D eigenvalue weighted by Gasteiger charge is 2.26. The molecule has 1 fully saturated rings. The largest absolute Gasteiger partial charge is 0.453 e. The van der Waals surface area contributed by atoms with E-state index in [9.17, 15) is 4.79 Å². The minimum Gasteiger partial charge on any atom is -0.453 e. The molecule has 1 amide bonds. The highest BCUT2D eigenvalue weighted by Crippen LogP contribution is 2.17. The maximum absolute atomic E-state index is 10.6. The molecule has 1 heterocycles. The Morgan fingerprint density at radius 1 is 1.78 bits per heavy atom. The van der Waals surface area contributed by atoms with E-state index in [0.717, 1.165) is 0 Å². The summed E-state index contributed by atoms with van der Waals surface area (Å²) in [6, 6.07) is 0. The van der Waals surface area contributed by atoms with Crippen molar-refractivity contribution in [3.63, 3.8) is 0 Å². The first-order valence-corrected chi connectivity index (χ1v) is 2.82. The molecule has 1 aliphatic heterocycles. The topological polar surface area (TPSA) is 29.5 Å². The van der Waals surface area contributed by atoms with Gasteiger partial charge < -0.3 is 9.64 Å². The lowest BCUT2D eigenvalue weighted by Crippen LogP contribution is -2.46. The van der Waals surface area contributed by atoms with Crippen molar-refractivity contribution in [3.8, 4) is 0 Å². The second kappa shape index (κ2) is 2.29. The van der Waals surface area contributed by atoms with Crippen molar-refractivity contribution in [2.45, 2.75) is 5.82 Å². The summed E-state index contributed by atoms with van der Waals surface area (Å²) >= 11 is 0. The number of carbonyl (C=O) groups is 1. The molecule has 0 aromatic heterocycles. The van der Waals surface area contributed by atoms with Gasteiger partial charge in [0.25, 0.3) is 0 Å². The Balaban J connectivity index is 2.23. The van der Waals surface area contributed by atoms with E-state index in [2.05, 4.69) is 4.74 Å². The van der Waals surface area contributed by atoms with Crippen LogP contribution in [0.1, 0.15) is 0 Å². The number of hydrogen-bond donors (Lipinski definition) is 0. The molecule has 0 aliphatic carbocycles. The molecule has 2 radical (unpaired) electrons. The van der Waals surface area contributed by atoms with Gasteiger partial charge in [0.1, 0.15) is 0 Å². The van der Waals surface area contributed by atoms with Gasteiger partial charge in [-0.05, 0) is 5.82 Å². The van der Waals surface area contributed by atoms with Crippen LogP contribution >= 0.6 is 0 Å². The van der Waals surface area contributed by atoms with Gasteiger partial charge in [-0.2, -0.15) is 0 Å². The van der Waals surface area contributed by atoms with Crippen molar-refractivity contribution >= 4 is 13.9 Å². The van der Waals surface area contributed by atoms with Crippen LogP contribution in [0.25, 0.3) is 0 Å². The van der Waals surface area contributed by atoms with Crippen LogP contribution in [-0.4, -0.2) is 39.0 Å². The molecule has 0 aromatic rings. The van der Waals surface area contributed by atoms with Crippen LogP contribution in [0, 0.1) is 0 Å². The lowest BCUT2D eigenvalue weighted by atomic mass is 9.81. The fraction of sp³-hybridized carbons (Fsp3) is 0.800. The van der Waals surface area contributed by atoms with Crippen molar-refractivity contribution in [3.05, 3.63) is 0 Å². The number of carbonyl (C=O) groups excluding carboxylic acids is 1. The van der Waals surface area contributed by atoms with Gasteiger partial charge in [-0.25, -0.2) is 4.79 Å². The average Bonchev–Trinajstić information content (AvgIpc) is 1.79. The lowest BCUT2D eigenvalue weighted by molar-refractivity contribution is 0.0995. The van der Waals surface area contributed by atoms with E-state index in [1.165, 1.54) is 7.11 Å². The smallest absolute Gasteiger partial charge is 0.409 e. The SMILES string of the molecule is [B]C1CN(C(=O)OC)C1. The molecule has 0 bridgehead atoms. The van der Waals surface area contributed by atoms with Crippen LogP contribution in [0.5, 0.6) is 0 Å². The summed E-state index contributed by atoms with van der Waals surface area (Å²) in [6.07, 6.45) is -0.281. The number of rotatable bonds is 0. The minimum absolute atomic E-state index is 0.157. The summed E-state index contributed by atoms with van der Waals surface area (Å²) in [7, 11) is 6.78. The molecule has 3 nitrogen and oxygen atoms in total. The molecule has 0 spiro atoms. The zero-order valence-electron chi connectivity index (χ0n) is 5.33. The van der Waals surface area contributed by atoms with Gasteiger partial charge in [0.05, 0.1) is 15.0 Å². The van der Waals surface area contributed by atoms with Crippen molar-refractivity contribution in [1.82, 2.24) is 4.90 Å². The maximum Gasteiger partial charge on any atom is 0.409 e. The van der Waals surface area contributed by atoms with E-state index < -0.39 is 0 Å². The summed E-state index contributed by atoms with van der Waals surface area (Å²) in [5.74, 6) is 0.157. The van der Waals surface area contributed by atoms with Crippen molar-refractivity contribution in [2.75, 3.05) is 20.2 Å². The quantitative estimate of drug-likeness (QED) is 0.427. The summed E-state index contributed by atoms with van der Waals surface area (Å²) in [4.78, 5) is 12.1. The van der Waals surface area contributed by atoms with Gasteiger partial charge in [-0.1, -0.05) is 0 Å². The van der Waals surface area contributed by atoms with Crippen LogP contribution in [0.3, 0.4) is 0 Å². The van der Waals surface area contributed by atoms with E-state index in [4.69, 9.17) is 7.85 Å². The fourth-order valence-corrected chi connectivity index (χ4v) is 0.791. The molecular formula is C5H8BNO2. The standard InChI is InChI=1S/C5H8BNO2/c1-9-5(8)7-2-4(6)3-7/h4H,2-3H2,1H3. The average molecular weight is 125 g/mol. The number of amides is 1. The van der Waals surface area contributed by atoms with Gasteiger partial charge in [-0.15, -0.1) is 0 Å². The summed E-state index contributed by atoms with van der Waals surface area (Å²) < 4.78 is 4.43. The van der Waals surface area contributed by atoms with Gasteiger partial charge in [0, 0.05) is 13.1 Å². The zero-order chi connectivity index (χ0) is 6.85. The number of methoxy groups -OCH3 is 1. The van der Waals surface area contributed by atoms with E-state index in [-0.39, 0.29) is 11.9 Å². The summed E-state index contributed by atoms with van der Waals surface area (Å²) in [6.45, 7) is 1.26. The summed E-state index contributed by atoms with van der Waals surface area (Å²) in [5, 5.41) is 0. The molecule has 1 aliphatic rings. The Morgan fingerprint density at radius 3 is 2.67 bits per heavy atom. The highest BCUT2D eigenvalue weighted by molar-refractivity contribution is 6.13. The highest BCUT2D eigenvalue weighted by atomic mass is 16.5. The van der Waals surface area contributed by atoms with Crippen molar-refractivity contribution in [2.24, 2.45) is 0 Å². The van der Waals surface area contributed by atoms with Crippen LogP contribution in [0.2, 0.25) is 5.82 Å². The first-order chi connectivity index (χ1) is 4.24. The van der Waals surface area contributed by atoms with Crippen LogP contribution in [-0.2, 0) is 4.74 Å². The molecule has 9 heavy (non-hydrogen) atoms. The first kappa shape index (κ1) is 6.45. The number of hydrogen-bond acceptors (Lipinski definition) is 2. The second-order valence-electron chi connectivity index (χ2n) is 2.14.